The number of aliphatic hydroxyl groups is 2. The Morgan fingerprint density at radius 1 is 1.17 bits per heavy atom. The molecule has 12 heavy (non-hydrogen) atoms. The Morgan fingerprint density at radius 2 is 1.67 bits per heavy atom. The van der Waals surface area contributed by atoms with Crippen LogP contribution in [0, 0.1) is 0 Å². The third-order valence-electron chi connectivity index (χ3n) is 2.11. The van der Waals surface area contributed by atoms with Gasteiger partial charge in [0.15, 0.2) is 0 Å². The molecule has 74 valence electrons. The molecular formula is C9H22O2Si. The Hall–Kier alpha value is 0.137. The lowest BCUT2D eigenvalue weighted by Gasteiger charge is -2.28. The molecule has 0 unspecified atom stereocenters. The highest BCUT2D eigenvalue weighted by atomic mass is 28.3. The lowest BCUT2D eigenvalue weighted by molar-refractivity contribution is 0.0544. The Bertz CT molecular complexity index is 120. The molecule has 0 aromatic carbocycles. The van der Waals surface area contributed by atoms with Gasteiger partial charge in [-0.25, -0.2) is 0 Å². The van der Waals surface area contributed by atoms with Crippen LogP contribution in [0.3, 0.4) is 0 Å². The van der Waals surface area contributed by atoms with Crippen molar-refractivity contribution in [2.45, 2.75) is 57.7 Å². The van der Waals surface area contributed by atoms with Crippen molar-refractivity contribution >= 4 is 8.07 Å². The topological polar surface area (TPSA) is 40.5 Å². The third-order valence-corrected chi connectivity index (χ3v) is 4.26. The minimum Gasteiger partial charge on any atom is -0.394 e. The summed E-state index contributed by atoms with van der Waals surface area (Å²) >= 11 is 0. The van der Waals surface area contributed by atoms with Crippen LogP contribution in [0.25, 0.3) is 0 Å². The van der Waals surface area contributed by atoms with Crippen LogP contribution in [0.2, 0.25) is 19.6 Å². The van der Waals surface area contributed by atoms with E-state index >= 15 is 0 Å². The standard InChI is InChI=1S/C9H22O2Si/c1-5-6-7-8(10)9(11)12(2,3)4/h8-11H,5-7H2,1-4H3/t8-,9-/m1/s1. The molecule has 0 saturated heterocycles. The first-order valence-electron chi connectivity index (χ1n) is 4.75. The molecule has 0 aromatic rings. The van der Waals surface area contributed by atoms with Crippen molar-refractivity contribution in [2.75, 3.05) is 0 Å². The summed E-state index contributed by atoms with van der Waals surface area (Å²) in [6.07, 6.45) is 2.32. The van der Waals surface area contributed by atoms with Gasteiger partial charge in [0.1, 0.15) is 0 Å². The minimum atomic E-state index is -1.57. The molecule has 0 amide bonds. The highest BCUT2D eigenvalue weighted by Crippen LogP contribution is 2.15. The molecule has 0 heterocycles. The van der Waals surface area contributed by atoms with Gasteiger partial charge in [-0.2, -0.15) is 0 Å². The molecular weight excluding hydrogens is 168 g/mol. The second kappa shape index (κ2) is 4.99. The van der Waals surface area contributed by atoms with Crippen LogP contribution in [0.4, 0.5) is 0 Å². The van der Waals surface area contributed by atoms with Gasteiger partial charge in [-0.1, -0.05) is 39.4 Å². The zero-order valence-electron chi connectivity index (χ0n) is 8.67. The second-order valence-electron chi connectivity index (χ2n) is 4.52. The average molecular weight is 190 g/mol. The molecule has 0 aliphatic heterocycles. The van der Waals surface area contributed by atoms with Crippen LogP contribution in [0.15, 0.2) is 0 Å². The van der Waals surface area contributed by atoms with Crippen molar-refractivity contribution in [1.29, 1.82) is 0 Å². The molecule has 0 rings (SSSR count). The molecule has 0 aliphatic rings. The van der Waals surface area contributed by atoms with Gasteiger partial charge in [-0.15, -0.1) is 0 Å². The smallest absolute Gasteiger partial charge is 0.0815 e. The fourth-order valence-corrected chi connectivity index (χ4v) is 2.47. The van der Waals surface area contributed by atoms with Gasteiger partial charge in [0, 0.05) is 0 Å². The van der Waals surface area contributed by atoms with Gasteiger partial charge in [0.05, 0.1) is 19.9 Å². The molecule has 0 bridgehead atoms. The Kier molecular flexibility index (Phi) is 5.05. The summed E-state index contributed by atoms with van der Waals surface area (Å²) in [5.74, 6) is 0. The largest absolute Gasteiger partial charge is 0.394 e. The first kappa shape index (κ1) is 12.1. The molecule has 2 N–H and O–H groups in total. The molecule has 0 fully saturated rings. The van der Waals surface area contributed by atoms with Crippen LogP contribution in [-0.2, 0) is 0 Å². The van der Waals surface area contributed by atoms with Gasteiger partial charge < -0.3 is 10.2 Å². The second-order valence-corrected chi connectivity index (χ2v) is 9.84. The first-order chi connectivity index (χ1) is 5.39. The van der Waals surface area contributed by atoms with Gasteiger partial charge in [0.25, 0.3) is 0 Å². The molecule has 2 nitrogen and oxygen atoms in total. The number of rotatable bonds is 5. The number of hydrogen-bond donors (Lipinski definition) is 2. The predicted molar refractivity (Wildman–Crippen MR) is 54.9 cm³/mol. The minimum absolute atomic E-state index is 0.468. The van der Waals surface area contributed by atoms with E-state index in [0.29, 0.717) is 0 Å². The summed E-state index contributed by atoms with van der Waals surface area (Å²) in [7, 11) is -1.57. The van der Waals surface area contributed by atoms with E-state index in [0.717, 1.165) is 19.3 Å². The zero-order chi connectivity index (χ0) is 9.78. The molecule has 0 aliphatic carbocycles. The quantitative estimate of drug-likeness (QED) is 0.649. The van der Waals surface area contributed by atoms with Gasteiger partial charge in [0.2, 0.25) is 0 Å². The van der Waals surface area contributed by atoms with Crippen LogP contribution in [0.1, 0.15) is 26.2 Å². The highest BCUT2D eigenvalue weighted by molar-refractivity contribution is 6.77. The monoisotopic (exact) mass is 190 g/mol. The maximum Gasteiger partial charge on any atom is 0.0815 e. The van der Waals surface area contributed by atoms with E-state index in [4.69, 9.17) is 0 Å². The van der Waals surface area contributed by atoms with Crippen molar-refractivity contribution in [2.24, 2.45) is 0 Å². The number of unbranched alkanes of at least 4 members (excludes halogenated alkanes) is 1. The molecule has 2 atom stereocenters. The van der Waals surface area contributed by atoms with Crippen molar-refractivity contribution in [3.63, 3.8) is 0 Å². The molecule has 3 heteroatoms. The summed E-state index contributed by atoms with van der Waals surface area (Å²) in [5, 5.41) is 19.3. The van der Waals surface area contributed by atoms with E-state index < -0.39 is 19.9 Å². The predicted octanol–water partition coefficient (Wildman–Crippen LogP) is 1.78. The van der Waals surface area contributed by atoms with E-state index in [2.05, 4.69) is 26.6 Å². The summed E-state index contributed by atoms with van der Waals surface area (Å²) < 4.78 is 0. The van der Waals surface area contributed by atoms with Crippen LogP contribution in [0.5, 0.6) is 0 Å². The first-order valence-corrected chi connectivity index (χ1v) is 8.33. The average Bonchev–Trinajstić information content (AvgIpc) is 1.97. The maximum absolute atomic E-state index is 9.69. The van der Waals surface area contributed by atoms with E-state index in [1.807, 2.05) is 0 Å². The normalized spacial score (nSPS) is 17.5. The number of hydrogen-bond acceptors (Lipinski definition) is 2. The van der Waals surface area contributed by atoms with Crippen LogP contribution in [-0.4, -0.2) is 30.1 Å². The van der Waals surface area contributed by atoms with E-state index in [1.165, 1.54) is 0 Å². The fourth-order valence-electron chi connectivity index (χ4n) is 1.15. The number of aliphatic hydroxyl groups excluding tert-OH is 2. The lowest BCUT2D eigenvalue weighted by Crippen LogP contribution is -2.46. The van der Waals surface area contributed by atoms with E-state index in [-0.39, 0.29) is 0 Å². The van der Waals surface area contributed by atoms with Crippen molar-refractivity contribution in [1.82, 2.24) is 0 Å². The van der Waals surface area contributed by atoms with Crippen molar-refractivity contribution in [3.8, 4) is 0 Å². The van der Waals surface area contributed by atoms with Gasteiger partial charge >= 0.3 is 0 Å². The van der Waals surface area contributed by atoms with Crippen LogP contribution >= 0.6 is 0 Å². The summed E-state index contributed by atoms with van der Waals surface area (Å²) in [6.45, 7) is 8.32. The molecule has 0 spiro atoms. The fraction of sp³-hybridized carbons (Fsp3) is 1.00. The summed E-state index contributed by atoms with van der Waals surface area (Å²) in [5.41, 5.74) is -0.468. The molecule has 0 saturated carbocycles. The zero-order valence-corrected chi connectivity index (χ0v) is 9.67. The van der Waals surface area contributed by atoms with E-state index in [1.54, 1.807) is 0 Å². The summed E-state index contributed by atoms with van der Waals surface area (Å²) in [6, 6.07) is 0. The summed E-state index contributed by atoms with van der Waals surface area (Å²) in [4.78, 5) is 0. The van der Waals surface area contributed by atoms with Gasteiger partial charge in [-0.05, 0) is 6.42 Å². The Balaban J connectivity index is 3.84. The Labute approximate surface area is 76.6 Å². The van der Waals surface area contributed by atoms with Gasteiger partial charge in [-0.3, -0.25) is 0 Å². The Morgan fingerprint density at radius 3 is 2.00 bits per heavy atom. The van der Waals surface area contributed by atoms with Crippen molar-refractivity contribution in [3.05, 3.63) is 0 Å². The maximum atomic E-state index is 9.69. The van der Waals surface area contributed by atoms with Crippen LogP contribution < -0.4 is 0 Å². The lowest BCUT2D eigenvalue weighted by atomic mass is 10.2. The SMILES string of the molecule is CCCC[C@@H](O)[C@H](O)[Si](C)(C)C. The van der Waals surface area contributed by atoms with E-state index in [9.17, 15) is 10.2 Å². The highest BCUT2D eigenvalue weighted by Gasteiger charge is 2.30. The third kappa shape index (κ3) is 4.23. The molecule has 0 radical (unpaired) electrons. The van der Waals surface area contributed by atoms with Crippen molar-refractivity contribution < 1.29 is 10.2 Å². The molecule has 0 aromatic heterocycles.